The molecule has 0 aliphatic rings. The summed E-state index contributed by atoms with van der Waals surface area (Å²) in [7, 11) is 0. The normalized spacial score (nSPS) is 12.6. The third-order valence-corrected chi connectivity index (χ3v) is 1.61. The first-order valence-electron chi connectivity index (χ1n) is 2.38. The van der Waals surface area contributed by atoms with Gasteiger partial charge >= 0.3 is 66.5 Å². The van der Waals surface area contributed by atoms with E-state index in [9.17, 15) is 4.79 Å². The van der Waals surface area contributed by atoms with Crippen LogP contribution in [0.3, 0.4) is 0 Å². The Kier molecular flexibility index (Phi) is 5.04. The molecule has 0 aliphatic heterocycles. The molecule has 1 N–H and O–H groups in total. The predicted molar refractivity (Wildman–Crippen MR) is 38.1 cm³/mol. The van der Waals surface area contributed by atoms with Crippen LogP contribution in [0.2, 0.25) is 0 Å². The van der Waals surface area contributed by atoms with Crippen molar-refractivity contribution in [2.45, 2.75) is 12.5 Å². The third-order valence-electron chi connectivity index (χ3n) is 0.815. The van der Waals surface area contributed by atoms with E-state index in [1.54, 1.807) is 0 Å². The molecule has 0 saturated carbocycles. The molecule has 0 bridgehead atoms. The first-order chi connectivity index (χ1) is 4.22. The van der Waals surface area contributed by atoms with E-state index in [0.717, 1.165) is 0 Å². The molecule has 0 aromatic carbocycles. The van der Waals surface area contributed by atoms with Gasteiger partial charge in [-0.1, -0.05) is 0 Å². The summed E-state index contributed by atoms with van der Waals surface area (Å²) in [5.41, 5.74) is 0. The summed E-state index contributed by atoms with van der Waals surface area (Å²) in [5, 5.41) is 8.36. The zero-order valence-corrected chi connectivity index (χ0v) is 7.26. The number of hydrogen-bond acceptors (Lipinski definition) is 3. The van der Waals surface area contributed by atoms with Gasteiger partial charge in [-0.25, -0.2) is 0 Å². The Labute approximate surface area is 66.9 Å². The van der Waals surface area contributed by atoms with Crippen molar-refractivity contribution in [3.8, 4) is 0 Å². The summed E-state index contributed by atoms with van der Waals surface area (Å²) < 4.78 is 3.50. The average molecular weight is 212 g/mol. The summed E-state index contributed by atoms with van der Waals surface area (Å²) in [6, 6.07) is -0.623. The molecule has 1 unspecified atom stereocenters. The van der Waals surface area contributed by atoms with Crippen LogP contribution in [-0.4, -0.2) is 38.7 Å². The fourth-order valence-electron chi connectivity index (χ4n) is 0.344. The molecule has 9 heavy (non-hydrogen) atoms. The van der Waals surface area contributed by atoms with E-state index in [0.29, 0.717) is 12.2 Å². The van der Waals surface area contributed by atoms with E-state index < -0.39 is 12.0 Å². The van der Waals surface area contributed by atoms with Gasteiger partial charge in [-0.15, -0.1) is 0 Å². The Bertz CT molecular complexity index is 119. The molecule has 0 spiro atoms. The molecule has 0 aromatic rings. The van der Waals surface area contributed by atoms with Gasteiger partial charge < -0.3 is 0 Å². The van der Waals surface area contributed by atoms with Crippen molar-refractivity contribution < 1.29 is 9.90 Å². The van der Waals surface area contributed by atoms with Crippen molar-refractivity contribution in [2.75, 3.05) is 5.75 Å². The Morgan fingerprint density at radius 1 is 1.89 bits per heavy atom. The van der Waals surface area contributed by atoms with Gasteiger partial charge in [0.2, 0.25) is 0 Å². The first kappa shape index (κ1) is 9.14. The van der Waals surface area contributed by atoms with E-state index in [-0.39, 0.29) is 0 Å². The van der Waals surface area contributed by atoms with Crippen molar-refractivity contribution in [3.05, 3.63) is 0 Å². The molecule has 0 heterocycles. The fourth-order valence-corrected chi connectivity index (χ4v) is 0.998. The zero-order valence-electron chi connectivity index (χ0n) is 4.65. The number of carbonyl (C=O) groups is 1. The number of thiol groups is 1. The van der Waals surface area contributed by atoms with Crippen LogP contribution in [0.4, 0.5) is 0 Å². The molecule has 0 fully saturated rings. The van der Waals surface area contributed by atoms with Gasteiger partial charge in [0.25, 0.3) is 0 Å². The number of aliphatic carboxylic acids is 1. The van der Waals surface area contributed by atoms with Crippen LogP contribution in [-0.2, 0) is 4.79 Å². The van der Waals surface area contributed by atoms with Crippen molar-refractivity contribution in [1.29, 1.82) is 0 Å². The molecule has 0 radical (unpaired) electrons. The van der Waals surface area contributed by atoms with Crippen LogP contribution >= 0.6 is 12.6 Å². The molecule has 0 amide bonds. The van der Waals surface area contributed by atoms with Gasteiger partial charge in [-0.05, 0) is 0 Å². The summed E-state index contributed by atoms with van der Waals surface area (Å²) in [4.78, 5) is 10.2. The molecule has 52 valence electrons. The SMILES string of the molecule is O=C(O)C(CCS)N=[Se]. The first-order valence-corrected chi connectivity index (χ1v) is 3.78. The molecular weight excluding hydrogens is 205 g/mol. The Hall–Kier alpha value is 0.139. The Morgan fingerprint density at radius 2 is 2.44 bits per heavy atom. The second-order valence-corrected chi connectivity index (χ2v) is 2.36. The van der Waals surface area contributed by atoms with E-state index >= 15 is 0 Å². The molecule has 0 saturated heterocycles. The van der Waals surface area contributed by atoms with E-state index in [1.165, 1.54) is 0 Å². The number of carboxylic acid groups (broad SMARTS) is 1. The number of hydrogen-bond donors (Lipinski definition) is 2. The molecule has 3 nitrogen and oxygen atoms in total. The van der Waals surface area contributed by atoms with Crippen molar-refractivity contribution in [3.63, 3.8) is 0 Å². The Morgan fingerprint density at radius 3 is 2.56 bits per heavy atom. The number of rotatable bonds is 4. The van der Waals surface area contributed by atoms with Gasteiger partial charge in [-0.3, -0.25) is 0 Å². The van der Waals surface area contributed by atoms with Crippen LogP contribution in [0.15, 0.2) is 3.96 Å². The number of nitrogens with zero attached hydrogens (tertiary/aromatic N) is 1. The minimum absolute atomic E-state index is 0.478. The van der Waals surface area contributed by atoms with E-state index in [2.05, 4.69) is 32.4 Å². The summed E-state index contributed by atoms with van der Waals surface area (Å²) in [6.45, 7) is 0. The van der Waals surface area contributed by atoms with Crippen LogP contribution in [0, 0.1) is 0 Å². The predicted octanol–water partition coefficient (Wildman–Crippen LogP) is 0.112. The van der Waals surface area contributed by atoms with Crippen LogP contribution < -0.4 is 0 Å². The maximum absolute atomic E-state index is 10.2. The Balaban J connectivity index is 3.68. The van der Waals surface area contributed by atoms with Crippen molar-refractivity contribution in [1.82, 2.24) is 0 Å². The average Bonchev–Trinajstić information content (AvgIpc) is 1.82. The molecule has 0 rings (SSSR count). The minimum atomic E-state index is -0.900. The standard InChI is InChI=1S/C4H7NO2SSe/c6-4(7)3(5-9)1-2-8/h3,8H,1-2H2,(H,6,7). The second-order valence-electron chi connectivity index (χ2n) is 1.47. The van der Waals surface area contributed by atoms with Gasteiger partial charge in [0.1, 0.15) is 0 Å². The molecule has 0 aliphatic carbocycles. The number of carboxylic acids is 1. The fraction of sp³-hybridized carbons (Fsp3) is 0.750. The van der Waals surface area contributed by atoms with Gasteiger partial charge in [0, 0.05) is 0 Å². The van der Waals surface area contributed by atoms with Crippen molar-refractivity contribution in [2.24, 2.45) is 3.96 Å². The summed E-state index contributed by atoms with van der Waals surface area (Å²) in [5.74, 6) is -0.356. The summed E-state index contributed by atoms with van der Waals surface area (Å²) in [6.07, 6.45) is 0.478. The van der Waals surface area contributed by atoms with Crippen LogP contribution in [0.25, 0.3) is 0 Å². The monoisotopic (exact) mass is 213 g/mol. The molecular formula is C4H7NO2SSe. The van der Waals surface area contributed by atoms with Gasteiger partial charge in [-0.2, -0.15) is 0 Å². The molecule has 1 atom stereocenters. The third kappa shape index (κ3) is 3.67. The second kappa shape index (κ2) is 4.97. The summed E-state index contributed by atoms with van der Waals surface area (Å²) >= 11 is 6.19. The van der Waals surface area contributed by atoms with Crippen LogP contribution in [0.5, 0.6) is 0 Å². The van der Waals surface area contributed by atoms with Crippen molar-refractivity contribution >= 4 is 34.4 Å². The van der Waals surface area contributed by atoms with Crippen LogP contribution in [0.1, 0.15) is 6.42 Å². The maximum atomic E-state index is 10.2. The quantitative estimate of drug-likeness (QED) is 0.513. The van der Waals surface area contributed by atoms with E-state index in [4.69, 9.17) is 5.11 Å². The molecule has 5 heteroatoms. The van der Waals surface area contributed by atoms with Gasteiger partial charge in [0.15, 0.2) is 0 Å². The molecule has 0 aromatic heterocycles. The zero-order chi connectivity index (χ0) is 7.28. The topological polar surface area (TPSA) is 49.7 Å². The van der Waals surface area contributed by atoms with Gasteiger partial charge in [0.05, 0.1) is 0 Å². The van der Waals surface area contributed by atoms with E-state index in [1.807, 2.05) is 0 Å².